The number of hydrogen-bond acceptors (Lipinski definition) is 2. The van der Waals surface area contributed by atoms with E-state index in [2.05, 4.69) is 38.3 Å². The zero-order valence-corrected chi connectivity index (χ0v) is 11.8. The van der Waals surface area contributed by atoms with E-state index in [4.69, 9.17) is 0 Å². The van der Waals surface area contributed by atoms with Crippen molar-refractivity contribution in [2.45, 2.75) is 59.4 Å². The number of carbonyl (C=O) groups excluding carboxylic acids is 1. The average molecular weight is 240 g/mol. The van der Waals surface area contributed by atoms with Crippen molar-refractivity contribution in [3.05, 3.63) is 0 Å². The Bertz CT molecular complexity index is 247. The Morgan fingerprint density at radius 1 is 1.41 bits per heavy atom. The molecule has 0 aliphatic carbocycles. The Hall–Kier alpha value is -0.570. The minimum Gasteiger partial charge on any atom is -0.353 e. The Kier molecular flexibility index (Phi) is 5.44. The zero-order chi connectivity index (χ0) is 12.9. The van der Waals surface area contributed by atoms with E-state index in [1.54, 1.807) is 0 Å². The van der Waals surface area contributed by atoms with E-state index < -0.39 is 0 Å². The second-order valence-electron chi connectivity index (χ2n) is 5.68. The Labute approximate surface area is 106 Å². The maximum Gasteiger partial charge on any atom is 0.227 e. The number of hydrogen-bond donors (Lipinski definition) is 2. The molecule has 1 fully saturated rings. The maximum absolute atomic E-state index is 12.3. The Balaban J connectivity index is 2.47. The third kappa shape index (κ3) is 3.70. The van der Waals surface area contributed by atoms with Crippen LogP contribution in [0.5, 0.6) is 0 Å². The van der Waals surface area contributed by atoms with E-state index in [0.29, 0.717) is 12.0 Å². The van der Waals surface area contributed by atoms with E-state index in [1.807, 2.05) is 0 Å². The van der Waals surface area contributed by atoms with Crippen molar-refractivity contribution in [1.29, 1.82) is 0 Å². The van der Waals surface area contributed by atoms with Gasteiger partial charge >= 0.3 is 0 Å². The average Bonchev–Trinajstić information content (AvgIpc) is 2.78. The van der Waals surface area contributed by atoms with Crippen molar-refractivity contribution in [1.82, 2.24) is 10.6 Å². The first-order valence-corrected chi connectivity index (χ1v) is 7.05. The lowest BCUT2D eigenvalue weighted by Gasteiger charge is -2.28. The Morgan fingerprint density at radius 2 is 2.12 bits per heavy atom. The summed E-state index contributed by atoms with van der Waals surface area (Å²) in [6.45, 7) is 10.5. The summed E-state index contributed by atoms with van der Waals surface area (Å²) in [6.07, 6.45) is 4.17. The van der Waals surface area contributed by atoms with Gasteiger partial charge < -0.3 is 10.6 Å². The molecule has 0 radical (unpaired) electrons. The van der Waals surface area contributed by atoms with Gasteiger partial charge in [-0.2, -0.15) is 0 Å². The van der Waals surface area contributed by atoms with Crippen LogP contribution in [0.3, 0.4) is 0 Å². The molecule has 1 amide bonds. The van der Waals surface area contributed by atoms with Gasteiger partial charge in [0, 0.05) is 12.6 Å². The van der Waals surface area contributed by atoms with Crippen LogP contribution in [0.2, 0.25) is 0 Å². The van der Waals surface area contributed by atoms with Gasteiger partial charge in [-0.3, -0.25) is 4.79 Å². The van der Waals surface area contributed by atoms with Gasteiger partial charge in [-0.25, -0.2) is 0 Å². The van der Waals surface area contributed by atoms with Crippen LogP contribution in [0.25, 0.3) is 0 Å². The van der Waals surface area contributed by atoms with E-state index >= 15 is 0 Å². The molecule has 1 aliphatic heterocycles. The van der Waals surface area contributed by atoms with Crippen molar-refractivity contribution >= 4 is 5.91 Å². The first-order valence-electron chi connectivity index (χ1n) is 7.05. The van der Waals surface area contributed by atoms with Crippen LogP contribution in [-0.2, 0) is 4.79 Å². The SMILES string of the molecule is CCC(C)CC(C)NC(=O)C1(CC)CCNC1. The molecule has 0 aromatic carbocycles. The van der Waals surface area contributed by atoms with Crippen LogP contribution in [0, 0.1) is 11.3 Å². The fraction of sp³-hybridized carbons (Fsp3) is 0.929. The van der Waals surface area contributed by atoms with Crippen molar-refractivity contribution in [2.75, 3.05) is 13.1 Å². The molecule has 1 heterocycles. The van der Waals surface area contributed by atoms with Crippen molar-refractivity contribution in [3.8, 4) is 0 Å². The van der Waals surface area contributed by atoms with Gasteiger partial charge in [-0.15, -0.1) is 0 Å². The summed E-state index contributed by atoms with van der Waals surface area (Å²) >= 11 is 0. The zero-order valence-electron chi connectivity index (χ0n) is 11.8. The van der Waals surface area contributed by atoms with E-state index in [0.717, 1.165) is 32.4 Å². The molecule has 3 unspecified atom stereocenters. The third-order valence-electron chi connectivity index (χ3n) is 4.23. The molecule has 17 heavy (non-hydrogen) atoms. The summed E-state index contributed by atoms with van der Waals surface area (Å²) < 4.78 is 0. The van der Waals surface area contributed by atoms with E-state index in [-0.39, 0.29) is 11.3 Å². The second kappa shape index (κ2) is 6.39. The maximum atomic E-state index is 12.3. The second-order valence-corrected chi connectivity index (χ2v) is 5.68. The monoisotopic (exact) mass is 240 g/mol. The number of rotatable bonds is 6. The first-order chi connectivity index (χ1) is 8.04. The third-order valence-corrected chi connectivity index (χ3v) is 4.23. The summed E-state index contributed by atoms with van der Waals surface area (Å²) in [6, 6.07) is 0.293. The van der Waals surface area contributed by atoms with Gasteiger partial charge in [0.1, 0.15) is 0 Å². The van der Waals surface area contributed by atoms with Gasteiger partial charge in [-0.1, -0.05) is 27.2 Å². The number of amides is 1. The van der Waals surface area contributed by atoms with Crippen molar-refractivity contribution in [3.63, 3.8) is 0 Å². The molecule has 0 aromatic heterocycles. The highest BCUT2D eigenvalue weighted by atomic mass is 16.2. The minimum atomic E-state index is -0.149. The molecule has 0 spiro atoms. The molecule has 0 aromatic rings. The summed E-state index contributed by atoms with van der Waals surface area (Å²) in [7, 11) is 0. The summed E-state index contributed by atoms with van der Waals surface area (Å²) in [5.74, 6) is 0.936. The smallest absolute Gasteiger partial charge is 0.227 e. The quantitative estimate of drug-likeness (QED) is 0.748. The molecule has 0 saturated carbocycles. The molecule has 2 N–H and O–H groups in total. The van der Waals surface area contributed by atoms with Crippen LogP contribution in [0.1, 0.15) is 53.4 Å². The van der Waals surface area contributed by atoms with Gasteiger partial charge in [-0.05, 0) is 38.6 Å². The minimum absolute atomic E-state index is 0.149. The lowest BCUT2D eigenvalue weighted by atomic mass is 9.83. The molecule has 3 atom stereocenters. The largest absolute Gasteiger partial charge is 0.353 e. The van der Waals surface area contributed by atoms with Gasteiger partial charge in [0.25, 0.3) is 0 Å². The van der Waals surface area contributed by atoms with Crippen LogP contribution in [0.15, 0.2) is 0 Å². The summed E-state index contributed by atoms with van der Waals surface area (Å²) in [5, 5.41) is 6.51. The van der Waals surface area contributed by atoms with Crippen LogP contribution >= 0.6 is 0 Å². The lowest BCUT2D eigenvalue weighted by molar-refractivity contribution is -0.131. The molecule has 1 saturated heterocycles. The molecule has 100 valence electrons. The van der Waals surface area contributed by atoms with Gasteiger partial charge in [0.05, 0.1) is 5.41 Å². The van der Waals surface area contributed by atoms with Crippen LogP contribution < -0.4 is 10.6 Å². The lowest BCUT2D eigenvalue weighted by Crippen LogP contribution is -2.46. The topological polar surface area (TPSA) is 41.1 Å². The van der Waals surface area contributed by atoms with E-state index in [9.17, 15) is 4.79 Å². The number of nitrogens with one attached hydrogen (secondary N) is 2. The number of carbonyl (C=O) groups is 1. The summed E-state index contributed by atoms with van der Waals surface area (Å²) in [5.41, 5.74) is -0.149. The highest BCUT2D eigenvalue weighted by Gasteiger charge is 2.39. The molecule has 3 nitrogen and oxygen atoms in total. The van der Waals surface area contributed by atoms with Crippen LogP contribution in [-0.4, -0.2) is 25.0 Å². The van der Waals surface area contributed by atoms with Crippen molar-refractivity contribution < 1.29 is 4.79 Å². The fourth-order valence-electron chi connectivity index (χ4n) is 2.61. The van der Waals surface area contributed by atoms with Crippen molar-refractivity contribution in [2.24, 2.45) is 11.3 Å². The summed E-state index contributed by atoms with van der Waals surface area (Å²) in [4.78, 5) is 12.3. The van der Waals surface area contributed by atoms with E-state index in [1.165, 1.54) is 6.42 Å². The standard InChI is InChI=1S/C14H28N2O/c1-5-11(3)9-12(4)16-13(17)14(6-2)7-8-15-10-14/h11-12,15H,5-10H2,1-4H3,(H,16,17). The molecular weight excluding hydrogens is 212 g/mol. The fourth-order valence-corrected chi connectivity index (χ4v) is 2.61. The molecule has 1 rings (SSSR count). The predicted molar refractivity (Wildman–Crippen MR) is 71.9 cm³/mol. The molecule has 0 bridgehead atoms. The Morgan fingerprint density at radius 3 is 2.59 bits per heavy atom. The molecule has 3 heteroatoms. The predicted octanol–water partition coefficient (Wildman–Crippen LogP) is 2.32. The normalized spacial score (nSPS) is 27.8. The molecular formula is C14H28N2O. The first kappa shape index (κ1) is 14.5. The van der Waals surface area contributed by atoms with Gasteiger partial charge in [0.2, 0.25) is 5.91 Å². The van der Waals surface area contributed by atoms with Gasteiger partial charge in [0.15, 0.2) is 0 Å². The van der Waals surface area contributed by atoms with Crippen LogP contribution in [0.4, 0.5) is 0 Å². The molecule has 1 aliphatic rings. The highest BCUT2D eigenvalue weighted by molar-refractivity contribution is 5.83. The highest BCUT2D eigenvalue weighted by Crippen LogP contribution is 2.29.